The van der Waals surface area contributed by atoms with Crippen molar-refractivity contribution in [1.82, 2.24) is 9.80 Å². The number of nitrogens with zero attached hydrogens (tertiary/aromatic N) is 2. The molecule has 1 fully saturated rings. The van der Waals surface area contributed by atoms with Gasteiger partial charge in [-0.2, -0.15) is 0 Å². The number of carbonyl (C=O) groups excluding carboxylic acids is 2. The molecule has 2 unspecified atom stereocenters. The number of carbonyl (C=O) groups is 3. The van der Waals surface area contributed by atoms with E-state index in [1.807, 2.05) is 74.5 Å². The number of hydrogen-bond acceptors (Lipinski definition) is 4. The molecular weight excluding hydrogens is 420 g/mol. The summed E-state index contributed by atoms with van der Waals surface area (Å²) >= 11 is 0. The van der Waals surface area contributed by atoms with Gasteiger partial charge in [-0.25, -0.2) is 9.59 Å². The van der Waals surface area contributed by atoms with Gasteiger partial charge >= 0.3 is 12.1 Å². The van der Waals surface area contributed by atoms with Crippen LogP contribution in [0.25, 0.3) is 0 Å². The molecule has 0 spiro atoms. The predicted octanol–water partition coefficient (Wildman–Crippen LogP) is 3.97. The molecule has 2 atom stereocenters. The molecule has 7 heteroatoms. The van der Waals surface area contributed by atoms with E-state index in [4.69, 9.17) is 4.74 Å². The summed E-state index contributed by atoms with van der Waals surface area (Å²) < 4.78 is 5.52. The number of hydrogen-bond donors (Lipinski definition) is 1. The zero-order valence-corrected chi connectivity index (χ0v) is 19.4. The number of aliphatic carboxylic acids is 1. The van der Waals surface area contributed by atoms with E-state index >= 15 is 0 Å². The summed E-state index contributed by atoms with van der Waals surface area (Å²) in [6.07, 6.45) is 0.0344. The first-order chi connectivity index (χ1) is 15.7. The lowest BCUT2D eigenvalue weighted by atomic mass is 9.87. The molecule has 2 aromatic rings. The van der Waals surface area contributed by atoms with E-state index in [9.17, 15) is 19.5 Å². The minimum absolute atomic E-state index is 0.0836. The summed E-state index contributed by atoms with van der Waals surface area (Å²) in [6.45, 7) is 5.91. The summed E-state index contributed by atoms with van der Waals surface area (Å²) in [5, 5.41) is 10.0. The minimum Gasteiger partial charge on any atom is -0.480 e. The number of rotatable bonds is 8. The second-order valence-corrected chi connectivity index (χ2v) is 9.11. The molecular formula is C26H32N2O5. The largest absolute Gasteiger partial charge is 0.480 e. The fraction of sp³-hybridized carbons (Fsp3) is 0.423. The molecule has 2 amide bonds. The van der Waals surface area contributed by atoms with Crippen LogP contribution in [-0.4, -0.2) is 57.5 Å². The Morgan fingerprint density at radius 3 is 2.15 bits per heavy atom. The summed E-state index contributed by atoms with van der Waals surface area (Å²) in [7, 11) is 0. The van der Waals surface area contributed by atoms with Gasteiger partial charge in [-0.15, -0.1) is 0 Å². The average Bonchev–Trinajstić information content (AvgIpc) is 2.79. The molecule has 0 saturated carbocycles. The number of carboxylic acid groups (broad SMARTS) is 1. The van der Waals surface area contributed by atoms with E-state index in [1.54, 1.807) is 6.92 Å². The summed E-state index contributed by atoms with van der Waals surface area (Å²) in [4.78, 5) is 41.8. The SMILES string of the molecule is CC(C)CC(C)(C(=O)O)N1CCN(C(=O)OCc2ccccc2)C(Cc2ccccc2)C1=O. The van der Waals surface area contributed by atoms with Crippen molar-refractivity contribution in [2.45, 2.75) is 51.8 Å². The molecule has 0 aromatic heterocycles. The highest BCUT2D eigenvalue weighted by molar-refractivity contribution is 5.92. The zero-order valence-electron chi connectivity index (χ0n) is 19.4. The molecule has 1 heterocycles. The van der Waals surface area contributed by atoms with E-state index in [1.165, 1.54) is 9.80 Å². The standard InChI is InChI=1S/C26H32N2O5/c1-19(2)17-26(3,24(30)31)28-15-14-27(25(32)33-18-21-12-8-5-9-13-21)22(23(28)29)16-20-10-6-4-7-11-20/h4-13,19,22H,14-18H2,1-3H3,(H,30,31). The molecule has 0 bridgehead atoms. The Morgan fingerprint density at radius 1 is 1.03 bits per heavy atom. The Hall–Kier alpha value is -3.35. The maximum absolute atomic E-state index is 13.7. The number of amides is 2. The van der Waals surface area contributed by atoms with Gasteiger partial charge in [-0.05, 0) is 30.4 Å². The van der Waals surface area contributed by atoms with Crippen LogP contribution in [0.2, 0.25) is 0 Å². The summed E-state index contributed by atoms with van der Waals surface area (Å²) in [5.41, 5.74) is 0.394. The molecule has 1 aliphatic rings. The van der Waals surface area contributed by atoms with E-state index in [0.717, 1.165) is 11.1 Å². The Morgan fingerprint density at radius 2 is 1.61 bits per heavy atom. The van der Waals surface area contributed by atoms with Crippen LogP contribution in [-0.2, 0) is 27.4 Å². The van der Waals surface area contributed by atoms with Crippen molar-refractivity contribution < 1.29 is 24.2 Å². The fourth-order valence-corrected chi connectivity index (χ4v) is 4.44. The van der Waals surface area contributed by atoms with E-state index < -0.39 is 23.6 Å². The van der Waals surface area contributed by atoms with E-state index in [-0.39, 0.29) is 37.9 Å². The summed E-state index contributed by atoms with van der Waals surface area (Å²) in [6, 6.07) is 17.9. The van der Waals surface area contributed by atoms with Gasteiger partial charge in [0.1, 0.15) is 18.2 Å². The molecule has 0 aliphatic carbocycles. The van der Waals surface area contributed by atoms with Crippen LogP contribution in [0.3, 0.4) is 0 Å². The highest BCUT2D eigenvalue weighted by Gasteiger charge is 2.49. The van der Waals surface area contributed by atoms with E-state index in [2.05, 4.69) is 0 Å². The van der Waals surface area contributed by atoms with Gasteiger partial charge in [0.05, 0.1) is 0 Å². The first kappa shape index (κ1) is 24.3. The average molecular weight is 453 g/mol. The predicted molar refractivity (Wildman–Crippen MR) is 124 cm³/mol. The first-order valence-electron chi connectivity index (χ1n) is 11.3. The molecule has 1 saturated heterocycles. The fourth-order valence-electron chi connectivity index (χ4n) is 4.44. The Balaban J connectivity index is 1.85. The first-order valence-corrected chi connectivity index (χ1v) is 11.3. The van der Waals surface area contributed by atoms with Gasteiger partial charge in [0.15, 0.2) is 0 Å². The maximum atomic E-state index is 13.7. The van der Waals surface area contributed by atoms with Crippen LogP contribution in [0.5, 0.6) is 0 Å². The highest BCUT2D eigenvalue weighted by atomic mass is 16.6. The van der Waals surface area contributed by atoms with Gasteiger partial charge in [-0.1, -0.05) is 74.5 Å². The molecule has 3 rings (SSSR count). The van der Waals surface area contributed by atoms with Gasteiger partial charge in [-0.3, -0.25) is 9.69 Å². The van der Waals surface area contributed by atoms with Crippen molar-refractivity contribution in [1.29, 1.82) is 0 Å². The Labute approximate surface area is 195 Å². The van der Waals surface area contributed by atoms with Crippen molar-refractivity contribution in [3.8, 4) is 0 Å². The third-order valence-corrected chi connectivity index (χ3v) is 6.07. The van der Waals surface area contributed by atoms with Crippen LogP contribution in [0, 0.1) is 5.92 Å². The van der Waals surface area contributed by atoms with Crippen LogP contribution < -0.4 is 0 Å². The normalized spacial score (nSPS) is 18.2. The lowest BCUT2D eigenvalue weighted by molar-refractivity contribution is -0.165. The van der Waals surface area contributed by atoms with Crippen molar-refractivity contribution in [3.63, 3.8) is 0 Å². The van der Waals surface area contributed by atoms with Crippen molar-refractivity contribution >= 4 is 18.0 Å². The maximum Gasteiger partial charge on any atom is 0.410 e. The molecule has 7 nitrogen and oxygen atoms in total. The quantitative estimate of drug-likeness (QED) is 0.655. The molecule has 33 heavy (non-hydrogen) atoms. The van der Waals surface area contributed by atoms with Crippen LogP contribution in [0.4, 0.5) is 4.79 Å². The zero-order chi connectivity index (χ0) is 24.0. The van der Waals surface area contributed by atoms with Gasteiger partial charge in [0.25, 0.3) is 0 Å². The van der Waals surface area contributed by atoms with Gasteiger partial charge < -0.3 is 14.7 Å². The smallest absolute Gasteiger partial charge is 0.410 e. The molecule has 1 aliphatic heterocycles. The van der Waals surface area contributed by atoms with Crippen LogP contribution >= 0.6 is 0 Å². The number of carboxylic acids is 1. The lowest BCUT2D eigenvalue weighted by Gasteiger charge is -2.47. The second kappa shape index (κ2) is 10.5. The third kappa shape index (κ3) is 5.72. The molecule has 176 valence electrons. The number of piperazine rings is 1. The second-order valence-electron chi connectivity index (χ2n) is 9.11. The van der Waals surface area contributed by atoms with E-state index in [0.29, 0.717) is 6.42 Å². The molecule has 0 radical (unpaired) electrons. The third-order valence-electron chi connectivity index (χ3n) is 6.07. The van der Waals surface area contributed by atoms with Crippen LogP contribution in [0.15, 0.2) is 60.7 Å². The topological polar surface area (TPSA) is 87.2 Å². The van der Waals surface area contributed by atoms with Crippen molar-refractivity contribution in [2.24, 2.45) is 5.92 Å². The van der Waals surface area contributed by atoms with Crippen LogP contribution in [0.1, 0.15) is 38.3 Å². The molecule has 1 N–H and O–H groups in total. The molecule has 2 aromatic carbocycles. The van der Waals surface area contributed by atoms with Crippen molar-refractivity contribution in [3.05, 3.63) is 71.8 Å². The summed E-state index contributed by atoms with van der Waals surface area (Å²) in [5.74, 6) is -1.32. The van der Waals surface area contributed by atoms with Crippen molar-refractivity contribution in [2.75, 3.05) is 13.1 Å². The minimum atomic E-state index is -1.35. The highest BCUT2D eigenvalue weighted by Crippen LogP contribution is 2.29. The Kier molecular flexibility index (Phi) is 7.74. The lowest BCUT2D eigenvalue weighted by Crippen LogP contribution is -2.67. The van der Waals surface area contributed by atoms with Gasteiger partial charge in [0, 0.05) is 19.5 Å². The number of benzene rings is 2. The Bertz CT molecular complexity index is 963. The monoisotopic (exact) mass is 452 g/mol. The number of ether oxygens (including phenoxy) is 1. The van der Waals surface area contributed by atoms with Gasteiger partial charge in [0.2, 0.25) is 5.91 Å².